The molecule has 3 saturated heterocycles. The number of fused-ring (bicyclic) bond motifs is 1. The van der Waals surface area contributed by atoms with Crippen LogP contribution in [0.4, 0.5) is 23.0 Å². The molecular formula is C34H42N8O3. The summed E-state index contributed by atoms with van der Waals surface area (Å²) < 4.78 is 5.83. The van der Waals surface area contributed by atoms with Crippen molar-refractivity contribution >= 4 is 34.8 Å². The van der Waals surface area contributed by atoms with Gasteiger partial charge in [-0.3, -0.25) is 19.8 Å². The first-order valence-corrected chi connectivity index (χ1v) is 16.3. The van der Waals surface area contributed by atoms with E-state index in [1.54, 1.807) is 0 Å². The molecule has 4 aliphatic rings. The highest BCUT2D eigenvalue weighted by Gasteiger charge is 2.28. The maximum Gasteiger partial charge on any atom is 0.267 e. The largest absolute Gasteiger partial charge is 0.481 e. The first-order chi connectivity index (χ1) is 22.1. The van der Waals surface area contributed by atoms with Gasteiger partial charge in [-0.2, -0.15) is 0 Å². The van der Waals surface area contributed by atoms with E-state index in [4.69, 9.17) is 9.72 Å². The van der Waals surface area contributed by atoms with E-state index in [-0.39, 0.29) is 11.8 Å². The predicted octanol–water partition coefficient (Wildman–Crippen LogP) is 3.09. The van der Waals surface area contributed by atoms with Crippen LogP contribution in [-0.2, 0) is 22.6 Å². The van der Waals surface area contributed by atoms with Crippen LogP contribution in [0.3, 0.4) is 0 Å². The molecule has 11 nitrogen and oxygen atoms in total. The Bertz CT molecular complexity index is 1480. The quantitative estimate of drug-likeness (QED) is 0.329. The number of ether oxygens (including phenoxy) is 1. The van der Waals surface area contributed by atoms with Gasteiger partial charge in [-0.15, -0.1) is 0 Å². The van der Waals surface area contributed by atoms with Gasteiger partial charge >= 0.3 is 0 Å². The third-order valence-corrected chi connectivity index (χ3v) is 9.48. The molecule has 3 fully saturated rings. The Kier molecular flexibility index (Phi) is 8.79. The SMILES string of the molecule is O=C1CCC(Oc2ccc(N3CCN(CC4CCN(c5ccc(Nc6ncc7c(n6)CNCC7)cc5)CC4)CC3)cc2)C(=O)N1. The molecule has 0 radical (unpaired) electrons. The second kappa shape index (κ2) is 13.4. The average molecular weight is 611 g/mol. The monoisotopic (exact) mass is 610 g/mol. The van der Waals surface area contributed by atoms with E-state index in [0.29, 0.717) is 24.5 Å². The third kappa shape index (κ3) is 7.20. The Hall–Kier alpha value is -4.22. The number of aromatic nitrogens is 2. The van der Waals surface area contributed by atoms with Crippen molar-refractivity contribution in [3.63, 3.8) is 0 Å². The van der Waals surface area contributed by atoms with Crippen LogP contribution in [0.2, 0.25) is 0 Å². The van der Waals surface area contributed by atoms with Gasteiger partial charge in [-0.1, -0.05) is 0 Å². The Morgan fingerprint density at radius 2 is 1.56 bits per heavy atom. The molecule has 0 bridgehead atoms. The van der Waals surface area contributed by atoms with Gasteiger partial charge in [0.25, 0.3) is 5.91 Å². The van der Waals surface area contributed by atoms with Gasteiger partial charge in [0.15, 0.2) is 6.10 Å². The zero-order chi connectivity index (χ0) is 30.6. The Balaban J connectivity index is 0.831. The summed E-state index contributed by atoms with van der Waals surface area (Å²) in [5, 5.41) is 9.09. The van der Waals surface area contributed by atoms with Crippen LogP contribution >= 0.6 is 0 Å². The number of anilines is 4. The minimum Gasteiger partial charge on any atom is -0.481 e. The Morgan fingerprint density at radius 3 is 2.29 bits per heavy atom. The van der Waals surface area contributed by atoms with E-state index in [0.717, 1.165) is 76.1 Å². The van der Waals surface area contributed by atoms with Crippen molar-refractivity contribution in [2.24, 2.45) is 5.92 Å². The van der Waals surface area contributed by atoms with Gasteiger partial charge in [-0.25, -0.2) is 9.97 Å². The molecule has 5 heterocycles. The molecule has 1 aromatic heterocycles. The van der Waals surface area contributed by atoms with Crippen LogP contribution in [0.25, 0.3) is 0 Å². The summed E-state index contributed by atoms with van der Waals surface area (Å²) in [4.78, 5) is 40.1. The lowest BCUT2D eigenvalue weighted by molar-refractivity contribution is -0.138. The van der Waals surface area contributed by atoms with Crippen molar-refractivity contribution in [3.8, 4) is 5.75 Å². The van der Waals surface area contributed by atoms with Crippen molar-refractivity contribution in [3.05, 3.63) is 66.0 Å². The van der Waals surface area contributed by atoms with Crippen molar-refractivity contribution in [1.29, 1.82) is 0 Å². The molecule has 4 aliphatic heterocycles. The van der Waals surface area contributed by atoms with Gasteiger partial charge in [0.2, 0.25) is 11.9 Å². The molecular weight excluding hydrogens is 568 g/mol. The molecule has 11 heteroatoms. The lowest BCUT2D eigenvalue weighted by Gasteiger charge is -2.40. The number of carbonyl (C=O) groups is 2. The maximum atomic E-state index is 12.0. The number of benzene rings is 2. The number of hydrogen-bond donors (Lipinski definition) is 3. The van der Waals surface area contributed by atoms with Crippen LogP contribution in [0.1, 0.15) is 36.9 Å². The van der Waals surface area contributed by atoms with Crippen LogP contribution < -0.4 is 30.5 Å². The average Bonchev–Trinajstić information content (AvgIpc) is 3.07. The highest BCUT2D eigenvalue weighted by molar-refractivity contribution is 5.99. The lowest BCUT2D eigenvalue weighted by Crippen LogP contribution is -2.49. The summed E-state index contributed by atoms with van der Waals surface area (Å²) in [7, 11) is 0. The predicted molar refractivity (Wildman–Crippen MR) is 174 cm³/mol. The molecule has 3 aromatic rings. The van der Waals surface area contributed by atoms with Crippen LogP contribution in [0.5, 0.6) is 5.75 Å². The fraction of sp³-hybridized carbons (Fsp3) is 0.471. The van der Waals surface area contributed by atoms with Crippen LogP contribution in [0.15, 0.2) is 54.7 Å². The van der Waals surface area contributed by atoms with E-state index in [1.807, 2.05) is 18.3 Å². The number of carbonyl (C=O) groups excluding carboxylic acids is 2. The molecule has 1 unspecified atom stereocenters. The van der Waals surface area contributed by atoms with Gasteiger partial charge < -0.3 is 25.2 Å². The topological polar surface area (TPSA) is 115 Å². The lowest BCUT2D eigenvalue weighted by atomic mass is 9.95. The smallest absolute Gasteiger partial charge is 0.267 e. The third-order valence-electron chi connectivity index (χ3n) is 9.48. The second-order valence-corrected chi connectivity index (χ2v) is 12.5. The van der Waals surface area contributed by atoms with Crippen LogP contribution in [0, 0.1) is 5.92 Å². The maximum absolute atomic E-state index is 12.0. The minimum atomic E-state index is -0.606. The van der Waals surface area contributed by atoms with E-state index in [2.05, 4.69) is 72.0 Å². The first kappa shape index (κ1) is 29.5. The van der Waals surface area contributed by atoms with Gasteiger partial charge in [0, 0.05) is 88.5 Å². The highest BCUT2D eigenvalue weighted by atomic mass is 16.5. The normalized spacial score (nSPS) is 21.3. The fourth-order valence-corrected chi connectivity index (χ4v) is 6.79. The number of piperidine rings is 2. The number of nitrogens with zero attached hydrogens (tertiary/aromatic N) is 5. The van der Waals surface area contributed by atoms with E-state index in [9.17, 15) is 9.59 Å². The number of rotatable bonds is 8. The Morgan fingerprint density at radius 1 is 0.844 bits per heavy atom. The van der Waals surface area contributed by atoms with E-state index in [1.165, 1.54) is 36.3 Å². The highest BCUT2D eigenvalue weighted by Crippen LogP contribution is 2.27. The molecule has 1 atom stereocenters. The molecule has 0 spiro atoms. The summed E-state index contributed by atoms with van der Waals surface area (Å²) in [5.41, 5.74) is 5.78. The number of piperazine rings is 1. The molecule has 3 N–H and O–H groups in total. The van der Waals surface area contributed by atoms with Gasteiger partial charge in [0.05, 0.1) is 5.69 Å². The number of imide groups is 1. The Labute approximate surface area is 264 Å². The summed E-state index contributed by atoms with van der Waals surface area (Å²) in [6.07, 6.45) is 5.50. The summed E-state index contributed by atoms with van der Waals surface area (Å²) in [5.74, 6) is 1.46. The molecule has 0 aliphatic carbocycles. The molecule has 2 aromatic carbocycles. The number of hydrogen-bond acceptors (Lipinski definition) is 10. The van der Waals surface area contributed by atoms with Crippen molar-refractivity contribution in [2.75, 3.05) is 67.5 Å². The van der Waals surface area contributed by atoms with Crippen molar-refractivity contribution in [2.45, 2.75) is 44.8 Å². The van der Waals surface area contributed by atoms with Gasteiger partial charge in [0.1, 0.15) is 5.75 Å². The van der Waals surface area contributed by atoms with Crippen LogP contribution in [-0.4, -0.2) is 85.1 Å². The summed E-state index contributed by atoms with van der Waals surface area (Å²) in [6, 6.07) is 16.6. The van der Waals surface area contributed by atoms with E-state index >= 15 is 0 Å². The molecule has 45 heavy (non-hydrogen) atoms. The van der Waals surface area contributed by atoms with Crippen molar-refractivity contribution in [1.82, 2.24) is 25.5 Å². The fourth-order valence-electron chi connectivity index (χ4n) is 6.79. The zero-order valence-corrected chi connectivity index (χ0v) is 25.7. The molecule has 236 valence electrons. The summed E-state index contributed by atoms with van der Waals surface area (Å²) in [6.45, 7) is 9.27. The van der Waals surface area contributed by atoms with E-state index < -0.39 is 6.10 Å². The zero-order valence-electron chi connectivity index (χ0n) is 25.7. The standard InChI is InChI=1S/C34H42N8O3/c43-32-10-9-31(33(44)39-32)45-29-7-5-28(6-8-29)42-19-17-40(18-20-42)23-24-12-15-41(16-13-24)27-3-1-26(2-4-27)37-34-36-21-25-11-14-35-22-30(25)38-34/h1-8,21,24,31,35H,9-20,22-23H2,(H,36,37,38)(H,39,43,44). The number of nitrogens with one attached hydrogen (secondary N) is 3. The second-order valence-electron chi connectivity index (χ2n) is 12.5. The number of amides is 2. The molecule has 7 rings (SSSR count). The van der Waals surface area contributed by atoms with Gasteiger partial charge in [-0.05, 0) is 85.8 Å². The van der Waals surface area contributed by atoms with Crippen molar-refractivity contribution < 1.29 is 14.3 Å². The molecule has 0 saturated carbocycles. The first-order valence-electron chi connectivity index (χ1n) is 16.3. The summed E-state index contributed by atoms with van der Waals surface area (Å²) >= 11 is 0. The minimum absolute atomic E-state index is 0.231. The molecule has 2 amide bonds.